The smallest absolute Gasteiger partial charge is 0.246 e. The Balaban J connectivity index is 3.20. The summed E-state index contributed by atoms with van der Waals surface area (Å²) < 4.78 is 39.6. The molecule has 0 fully saturated rings. The van der Waals surface area contributed by atoms with Gasteiger partial charge in [0.15, 0.2) is 0 Å². The minimum Gasteiger partial charge on any atom is -0.392 e. The molecule has 0 heterocycles. The molecule has 1 aromatic rings. The molecular formula is C13H18FNO3S. The highest BCUT2D eigenvalue weighted by Crippen LogP contribution is 2.20. The van der Waals surface area contributed by atoms with Crippen molar-refractivity contribution in [1.82, 2.24) is 4.31 Å². The molecule has 1 aromatic carbocycles. The Bertz CT molecular complexity index is 543. The number of aliphatic hydroxyl groups excluding tert-OH is 1. The topological polar surface area (TPSA) is 57.6 Å². The van der Waals surface area contributed by atoms with Gasteiger partial charge in [-0.25, -0.2) is 12.8 Å². The van der Waals surface area contributed by atoms with Crippen molar-refractivity contribution in [2.75, 3.05) is 13.1 Å². The van der Waals surface area contributed by atoms with E-state index in [2.05, 4.69) is 6.58 Å². The minimum atomic E-state index is -3.88. The van der Waals surface area contributed by atoms with Crippen LogP contribution in [0.25, 0.3) is 0 Å². The zero-order chi connectivity index (χ0) is 14.5. The maximum absolute atomic E-state index is 13.8. The van der Waals surface area contributed by atoms with Gasteiger partial charge in [-0.05, 0) is 24.1 Å². The van der Waals surface area contributed by atoms with Gasteiger partial charge in [-0.1, -0.05) is 19.1 Å². The molecule has 0 aliphatic carbocycles. The summed E-state index contributed by atoms with van der Waals surface area (Å²) in [7, 11) is -3.88. The summed E-state index contributed by atoms with van der Waals surface area (Å²) in [5.74, 6) is -0.850. The third-order valence-corrected chi connectivity index (χ3v) is 4.50. The number of benzene rings is 1. The zero-order valence-corrected chi connectivity index (χ0v) is 11.7. The van der Waals surface area contributed by atoms with E-state index >= 15 is 0 Å². The second-order valence-corrected chi connectivity index (χ2v) is 5.98. The summed E-state index contributed by atoms with van der Waals surface area (Å²) in [6, 6.07) is 3.61. The predicted molar refractivity (Wildman–Crippen MR) is 71.6 cm³/mol. The third-order valence-electron chi connectivity index (χ3n) is 2.60. The highest BCUT2D eigenvalue weighted by Gasteiger charge is 2.26. The van der Waals surface area contributed by atoms with Crippen molar-refractivity contribution >= 4 is 10.0 Å². The Hall–Kier alpha value is -1.24. The van der Waals surface area contributed by atoms with E-state index in [1.54, 1.807) is 0 Å². The number of aliphatic hydroxyl groups is 1. The molecule has 0 saturated carbocycles. The monoisotopic (exact) mass is 287 g/mol. The molecule has 0 saturated heterocycles. The van der Waals surface area contributed by atoms with E-state index in [1.807, 2.05) is 6.92 Å². The Kier molecular flexibility index (Phi) is 5.65. The van der Waals surface area contributed by atoms with E-state index in [9.17, 15) is 12.8 Å². The molecule has 0 amide bonds. The van der Waals surface area contributed by atoms with Gasteiger partial charge < -0.3 is 5.11 Å². The largest absolute Gasteiger partial charge is 0.392 e. The van der Waals surface area contributed by atoms with Crippen LogP contribution in [0.4, 0.5) is 4.39 Å². The molecule has 0 atom stereocenters. The van der Waals surface area contributed by atoms with Gasteiger partial charge in [0.2, 0.25) is 10.0 Å². The summed E-state index contributed by atoms with van der Waals surface area (Å²) in [6.45, 7) is 5.46. The lowest BCUT2D eigenvalue weighted by Crippen LogP contribution is -2.32. The van der Waals surface area contributed by atoms with Crippen molar-refractivity contribution in [2.45, 2.75) is 24.8 Å². The van der Waals surface area contributed by atoms with Gasteiger partial charge in [0, 0.05) is 13.1 Å². The summed E-state index contributed by atoms with van der Waals surface area (Å²) >= 11 is 0. The van der Waals surface area contributed by atoms with Crippen LogP contribution in [0.3, 0.4) is 0 Å². The number of rotatable bonds is 7. The summed E-state index contributed by atoms with van der Waals surface area (Å²) in [4.78, 5) is -0.375. The molecule has 0 aromatic heterocycles. The fraction of sp³-hybridized carbons (Fsp3) is 0.385. The van der Waals surface area contributed by atoms with Crippen LogP contribution in [0, 0.1) is 5.82 Å². The van der Waals surface area contributed by atoms with Crippen LogP contribution in [-0.2, 0) is 16.6 Å². The molecule has 0 unspecified atom stereocenters. The van der Waals surface area contributed by atoms with Crippen molar-refractivity contribution < 1.29 is 17.9 Å². The number of sulfonamides is 1. The first-order valence-corrected chi connectivity index (χ1v) is 7.41. The molecule has 106 valence electrons. The highest BCUT2D eigenvalue weighted by atomic mass is 32.2. The lowest BCUT2D eigenvalue weighted by atomic mass is 10.2. The van der Waals surface area contributed by atoms with Crippen LogP contribution in [0.5, 0.6) is 0 Å². The van der Waals surface area contributed by atoms with Crippen LogP contribution in [0.1, 0.15) is 18.9 Å². The van der Waals surface area contributed by atoms with Crippen molar-refractivity contribution in [1.29, 1.82) is 0 Å². The molecule has 6 heteroatoms. The van der Waals surface area contributed by atoms with Crippen LogP contribution >= 0.6 is 0 Å². The van der Waals surface area contributed by atoms with Crippen LogP contribution in [-0.4, -0.2) is 30.9 Å². The summed E-state index contributed by atoms with van der Waals surface area (Å²) in [5, 5.41) is 8.89. The van der Waals surface area contributed by atoms with Gasteiger partial charge in [-0.2, -0.15) is 4.31 Å². The Morgan fingerprint density at radius 3 is 2.63 bits per heavy atom. The van der Waals surface area contributed by atoms with Crippen molar-refractivity contribution in [3.63, 3.8) is 0 Å². The molecule has 4 nitrogen and oxygen atoms in total. The van der Waals surface area contributed by atoms with Gasteiger partial charge in [0.1, 0.15) is 10.7 Å². The molecule has 0 bridgehead atoms. The normalized spacial score (nSPS) is 11.8. The second-order valence-electron chi connectivity index (χ2n) is 4.07. The Morgan fingerprint density at radius 1 is 1.47 bits per heavy atom. The number of nitrogens with zero attached hydrogens (tertiary/aromatic N) is 1. The van der Waals surface area contributed by atoms with Crippen molar-refractivity contribution in [3.05, 3.63) is 42.2 Å². The van der Waals surface area contributed by atoms with E-state index in [0.29, 0.717) is 18.5 Å². The minimum absolute atomic E-state index is 0.136. The quantitative estimate of drug-likeness (QED) is 0.779. The Morgan fingerprint density at radius 2 is 2.16 bits per heavy atom. The molecule has 0 aliphatic rings. The lowest BCUT2D eigenvalue weighted by molar-refractivity contribution is 0.281. The van der Waals surface area contributed by atoms with Gasteiger partial charge in [-0.15, -0.1) is 6.58 Å². The fourth-order valence-corrected chi connectivity index (χ4v) is 3.24. The van der Waals surface area contributed by atoms with Gasteiger partial charge >= 0.3 is 0 Å². The Labute approximate surface area is 113 Å². The molecular weight excluding hydrogens is 269 g/mol. The summed E-state index contributed by atoms with van der Waals surface area (Å²) in [6.07, 6.45) is 2.09. The van der Waals surface area contributed by atoms with E-state index in [0.717, 1.165) is 6.07 Å². The number of halogens is 1. The summed E-state index contributed by atoms with van der Waals surface area (Å²) in [5.41, 5.74) is 0.335. The molecule has 0 spiro atoms. The van der Waals surface area contributed by atoms with Crippen molar-refractivity contribution in [2.24, 2.45) is 0 Å². The first-order chi connectivity index (χ1) is 8.97. The van der Waals surface area contributed by atoms with Gasteiger partial charge in [0.25, 0.3) is 0 Å². The maximum Gasteiger partial charge on any atom is 0.246 e. The number of hydrogen-bond donors (Lipinski definition) is 1. The molecule has 1 rings (SSSR count). The molecule has 0 radical (unpaired) electrons. The first-order valence-electron chi connectivity index (χ1n) is 5.97. The maximum atomic E-state index is 13.8. The van der Waals surface area contributed by atoms with Gasteiger partial charge in [0.05, 0.1) is 6.61 Å². The van der Waals surface area contributed by atoms with Crippen LogP contribution in [0.15, 0.2) is 35.7 Å². The molecule has 0 aliphatic heterocycles. The van der Waals surface area contributed by atoms with E-state index < -0.39 is 15.8 Å². The molecule has 19 heavy (non-hydrogen) atoms. The lowest BCUT2D eigenvalue weighted by Gasteiger charge is -2.20. The average Bonchev–Trinajstić information content (AvgIpc) is 2.38. The third kappa shape index (κ3) is 3.62. The number of hydrogen-bond acceptors (Lipinski definition) is 3. The predicted octanol–water partition coefficient (Wildman–Crippen LogP) is 1.90. The van der Waals surface area contributed by atoms with Crippen LogP contribution < -0.4 is 0 Å². The van der Waals surface area contributed by atoms with Crippen molar-refractivity contribution in [3.8, 4) is 0 Å². The van der Waals surface area contributed by atoms with Gasteiger partial charge in [-0.3, -0.25) is 0 Å². The molecule has 1 N–H and O–H groups in total. The second kappa shape index (κ2) is 6.79. The van der Waals surface area contributed by atoms with E-state index in [4.69, 9.17) is 5.11 Å². The fourth-order valence-electron chi connectivity index (χ4n) is 1.69. The highest BCUT2D eigenvalue weighted by molar-refractivity contribution is 7.89. The first kappa shape index (κ1) is 15.8. The van der Waals surface area contributed by atoms with Crippen LogP contribution in [0.2, 0.25) is 0 Å². The van der Waals surface area contributed by atoms with E-state index in [1.165, 1.54) is 22.5 Å². The standard InChI is InChI=1S/C13H18FNO3S/c1-3-7-15(8-4-2)19(17,18)13-6-5-11(10-16)9-12(13)14/h3,5-6,9,16H,1,4,7-8,10H2,2H3. The zero-order valence-electron chi connectivity index (χ0n) is 10.8. The SMILES string of the molecule is C=CCN(CCC)S(=O)(=O)c1ccc(CO)cc1F. The average molecular weight is 287 g/mol. The van der Waals surface area contributed by atoms with E-state index in [-0.39, 0.29) is 18.0 Å².